The van der Waals surface area contributed by atoms with Crippen LogP contribution in [0.4, 0.5) is 4.79 Å². The molecule has 1 aliphatic heterocycles. The number of hydrogen-bond donors (Lipinski definition) is 1. The molecule has 112 valence electrons. The van der Waals surface area contributed by atoms with Crippen molar-refractivity contribution >= 4 is 6.03 Å². The fourth-order valence-corrected chi connectivity index (χ4v) is 2.81. The lowest BCUT2D eigenvalue weighted by atomic mass is 10.0. The van der Waals surface area contributed by atoms with Gasteiger partial charge in [0.1, 0.15) is 5.76 Å². The van der Waals surface area contributed by atoms with Crippen LogP contribution in [0.5, 0.6) is 0 Å². The van der Waals surface area contributed by atoms with Gasteiger partial charge >= 0.3 is 6.03 Å². The monoisotopic (exact) mass is 279 g/mol. The molecular weight excluding hydrogens is 254 g/mol. The minimum atomic E-state index is 0.0319. The van der Waals surface area contributed by atoms with Gasteiger partial charge in [-0.2, -0.15) is 0 Å². The van der Waals surface area contributed by atoms with Crippen LogP contribution >= 0.6 is 0 Å². The number of nitrogens with zero attached hydrogens (tertiary/aromatic N) is 2. The van der Waals surface area contributed by atoms with Crippen LogP contribution in [0.15, 0.2) is 4.52 Å². The molecule has 1 fully saturated rings. The second-order valence-corrected chi connectivity index (χ2v) is 5.57. The van der Waals surface area contributed by atoms with E-state index in [1.807, 2.05) is 18.7 Å². The zero-order valence-electron chi connectivity index (χ0n) is 12.9. The van der Waals surface area contributed by atoms with E-state index in [0.29, 0.717) is 0 Å². The third kappa shape index (κ3) is 2.81. The number of aromatic nitrogens is 1. The van der Waals surface area contributed by atoms with Gasteiger partial charge in [0.25, 0.3) is 0 Å². The van der Waals surface area contributed by atoms with Crippen molar-refractivity contribution in [3.05, 3.63) is 17.0 Å². The van der Waals surface area contributed by atoms with Crippen molar-refractivity contribution in [2.75, 3.05) is 6.54 Å². The number of carbonyl (C=O) groups excluding carboxylic acids is 1. The van der Waals surface area contributed by atoms with E-state index in [2.05, 4.69) is 24.3 Å². The summed E-state index contributed by atoms with van der Waals surface area (Å²) in [6, 6.07) is 0.350. The van der Waals surface area contributed by atoms with Gasteiger partial charge in [-0.05, 0) is 33.1 Å². The van der Waals surface area contributed by atoms with E-state index < -0.39 is 0 Å². The second kappa shape index (κ2) is 6.29. The number of nitrogens with one attached hydrogen (secondary N) is 1. The highest BCUT2D eigenvalue weighted by Gasteiger charge is 2.34. The van der Waals surface area contributed by atoms with E-state index >= 15 is 0 Å². The molecule has 0 aromatic carbocycles. The van der Waals surface area contributed by atoms with E-state index in [1.54, 1.807) is 0 Å². The fraction of sp³-hybridized carbons (Fsp3) is 0.733. The summed E-state index contributed by atoms with van der Waals surface area (Å²) in [6.45, 7) is 8.93. The summed E-state index contributed by atoms with van der Waals surface area (Å²) in [6.07, 6.45) is 3.78. The van der Waals surface area contributed by atoms with Crippen LogP contribution in [0.3, 0.4) is 0 Å². The van der Waals surface area contributed by atoms with Gasteiger partial charge < -0.3 is 14.7 Å². The third-order valence-electron chi connectivity index (χ3n) is 4.13. The molecule has 0 radical (unpaired) electrons. The van der Waals surface area contributed by atoms with Crippen LogP contribution in [0, 0.1) is 6.92 Å². The molecule has 2 amide bonds. The van der Waals surface area contributed by atoms with Gasteiger partial charge in [0, 0.05) is 24.6 Å². The summed E-state index contributed by atoms with van der Waals surface area (Å²) >= 11 is 0. The minimum absolute atomic E-state index is 0.0319. The van der Waals surface area contributed by atoms with Crippen LogP contribution in [0.25, 0.3) is 0 Å². The number of rotatable bonds is 4. The molecule has 20 heavy (non-hydrogen) atoms. The largest absolute Gasteiger partial charge is 0.361 e. The first-order valence-corrected chi connectivity index (χ1v) is 7.60. The smallest absolute Gasteiger partial charge is 0.318 e. The second-order valence-electron chi connectivity index (χ2n) is 5.57. The predicted molar refractivity (Wildman–Crippen MR) is 77.6 cm³/mol. The lowest BCUT2D eigenvalue weighted by molar-refractivity contribution is 0.189. The summed E-state index contributed by atoms with van der Waals surface area (Å²) in [4.78, 5) is 14.3. The number of hydrogen-bond acceptors (Lipinski definition) is 3. The zero-order chi connectivity index (χ0) is 14.7. The van der Waals surface area contributed by atoms with Gasteiger partial charge in [0.05, 0.1) is 11.7 Å². The first-order chi connectivity index (χ1) is 9.58. The molecule has 2 heterocycles. The van der Waals surface area contributed by atoms with Gasteiger partial charge in [-0.3, -0.25) is 0 Å². The summed E-state index contributed by atoms with van der Waals surface area (Å²) in [5.74, 6) is 0.913. The molecule has 2 rings (SSSR count). The highest BCUT2D eigenvalue weighted by molar-refractivity contribution is 5.75. The first-order valence-electron chi connectivity index (χ1n) is 7.60. The third-order valence-corrected chi connectivity index (χ3v) is 4.13. The molecule has 5 heteroatoms. The Hall–Kier alpha value is -1.52. The Morgan fingerprint density at radius 3 is 2.95 bits per heavy atom. The molecule has 0 unspecified atom stereocenters. The van der Waals surface area contributed by atoms with Gasteiger partial charge in [-0.25, -0.2) is 4.79 Å². The van der Waals surface area contributed by atoms with E-state index in [0.717, 1.165) is 49.2 Å². The minimum Gasteiger partial charge on any atom is -0.361 e. The summed E-state index contributed by atoms with van der Waals surface area (Å²) in [5, 5.41) is 7.13. The Bertz CT molecular complexity index is 470. The molecule has 0 spiro atoms. The Morgan fingerprint density at radius 2 is 2.30 bits per heavy atom. The normalized spacial score (nSPS) is 20.2. The Kier molecular flexibility index (Phi) is 4.68. The SMILES string of the molecule is CCc1onc(C)c1[C@H]1CCCN1C(=O)N[C@@H](C)CC. The average molecular weight is 279 g/mol. The molecule has 1 aliphatic rings. The molecule has 0 saturated carbocycles. The molecule has 1 aromatic heterocycles. The summed E-state index contributed by atoms with van der Waals surface area (Å²) in [7, 11) is 0. The van der Waals surface area contributed by atoms with Crippen molar-refractivity contribution in [3.63, 3.8) is 0 Å². The van der Waals surface area contributed by atoms with Gasteiger partial charge in [0.15, 0.2) is 0 Å². The molecule has 2 atom stereocenters. The van der Waals surface area contributed by atoms with Crippen molar-refractivity contribution < 1.29 is 9.32 Å². The van der Waals surface area contributed by atoms with Crippen LogP contribution in [0.2, 0.25) is 0 Å². The molecule has 1 saturated heterocycles. The van der Waals surface area contributed by atoms with Crippen LogP contribution in [-0.4, -0.2) is 28.7 Å². The summed E-state index contributed by atoms with van der Waals surface area (Å²) in [5.41, 5.74) is 2.03. The maximum atomic E-state index is 12.4. The maximum absolute atomic E-state index is 12.4. The van der Waals surface area contributed by atoms with Crippen LogP contribution in [-0.2, 0) is 6.42 Å². The van der Waals surface area contributed by atoms with E-state index in [4.69, 9.17) is 4.52 Å². The van der Waals surface area contributed by atoms with E-state index in [1.165, 1.54) is 0 Å². The lowest BCUT2D eigenvalue weighted by Gasteiger charge is -2.26. The summed E-state index contributed by atoms with van der Waals surface area (Å²) < 4.78 is 5.38. The van der Waals surface area contributed by atoms with Gasteiger partial charge in [0.2, 0.25) is 0 Å². The Labute approximate surface area is 120 Å². The fourth-order valence-electron chi connectivity index (χ4n) is 2.81. The van der Waals surface area contributed by atoms with Crippen molar-refractivity contribution in [1.29, 1.82) is 0 Å². The van der Waals surface area contributed by atoms with Crippen molar-refractivity contribution in [2.45, 2.75) is 65.5 Å². The van der Waals surface area contributed by atoms with E-state index in [-0.39, 0.29) is 18.1 Å². The van der Waals surface area contributed by atoms with Crippen molar-refractivity contribution in [3.8, 4) is 0 Å². The predicted octanol–water partition coefficient (Wildman–Crippen LogP) is 3.19. The van der Waals surface area contributed by atoms with Crippen LogP contribution in [0.1, 0.15) is 63.1 Å². The zero-order valence-corrected chi connectivity index (χ0v) is 12.9. The van der Waals surface area contributed by atoms with Crippen LogP contribution < -0.4 is 5.32 Å². The molecule has 5 nitrogen and oxygen atoms in total. The number of likely N-dealkylation sites (tertiary alicyclic amines) is 1. The highest BCUT2D eigenvalue weighted by Crippen LogP contribution is 2.35. The standard InChI is InChI=1S/C15H25N3O2/c1-5-10(3)16-15(19)18-9-7-8-12(18)14-11(4)17-20-13(14)6-2/h10,12H,5-9H2,1-4H3,(H,16,19)/t10-,12+/m0/s1. The number of amides is 2. The average Bonchev–Trinajstić information content (AvgIpc) is 3.03. The first kappa shape index (κ1) is 14.9. The van der Waals surface area contributed by atoms with E-state index in [9.17, 15) is 4.79 Å². The molecule has 0 bridgehead atoms. The molecule has 0 aliphatic carbocycles. The molecule has 1 N–H and O–H groups in total. The van der Waals surface area contributed by atoms with Gasteiger partial charge in [-0.15, -0.1) is 0 Å². The van der Waals surface area contributed by atoms with Crippen molar-refractivity contribution in [1.82, 2.24) is 15.4 Å². The van der Waals surface area contributed by atoms with Crippen molar-refractivity contribution in [2.24, 2.45) is 0 Å². The Balaban J connectivity index is 2.18. The number of carbonyl (C=O) groups is 1. The molecular formula is C15H25N3O2. The molecule has 1 aromatic rings. The number of aryl methyl sites for hydroxylation is 2. The van der Waals surface area contributed by atoms with Gasteiger partial charge in [-0.1, -0.05) is 19.0 Å². The number of urea groups is 1. The topological polar surface area (TPSA) is 58.4 Å². The quantitative estimate of drug-likeness (QED) is 0.920. The maximum Gasteiger partial charge on any atom is 0.318 e. The lowest BCUT2D eigenvalue weighted by Crippen LogP contribution is -2.43. The Morgan fingerprint density at radius 1 is 1.55 bits per heavy atom. The highest BCUT2D eigenvalue weighted by atomic mass is 16.5.